The number of nitrogens with zero attached hydrogens (tertiary/aromatic N) is 3. The molecule has 1 aromatic heterocycles. The SMILES string of the molecule is CC1C(=O)N(c2ccc(SC(F)(F)F)cc2)C(=O)N1Cc1ccnc(NS(C)(=O)=O)c1. The lowest BCUT2D eigenvalue weighted by atomic mass is 10.2. The standard InChI is InChI=1S/C18H17F3N4O4S2/c1-11-16(26)25(13-3-5-14(6-4-13)30-18(19,20)21)17(27)24(11)10-12-7-8-22-15(9-12)23-31(2,28)29/h3-9,11H,10H2,1-2H3,(H,22,23). The maximum atomic E-state index is 12.9. The van der Waals surface area contributed by atoms with E-state index in [1.807, 2.05) is 0 Å². The molecular formula is C18H17F3N4O4S2. The molecule has 1 fully saturated rings. The predicted molar refractivity (Wildman–Crippen MR) is 109 cm³/mol. The first kappa shape index (κ1) is 22.9. The van der Waals surface area contributed by atoms with E-state index in [9.17, 15) is 31.2 Å². The number of imide groups is 1. The Balaban J connectivity index is 1.79. The fraction of sp³-hybridized carbons (Fsp3) is 0.278. The molecule has 2 heterocycles. The van der Waals surface area contributed by atoms with Crippen molar-refractivity contribution >= 4 is 45.2 Å². The summed E-state index contributed by atoms with van der Waals surface area (Å²) in [5, 5.41) is 0. The Kier molecular flexibility index (Phi) is 6.18. The minimum absolute atomic E-state index is 0.00517. The summed E-state index contributed by atoms with van der Waals surface area (Å²) in [5.41, 5.74) is -3.75. The van der Waals surface area contributed by atoms with E-state index in [1.54, 1.807) is 6.07 Å². The van der Waals surface area contributed by atoms with Gasteiger partial charge in [0, 0.05) is 17.6 Å². The van der Waals surface area contributed by atoms with Gasteiger partial charge in [-0.3, -0.25) is 9.52 Å². The van der Waals surface area contributed by atoms with E-state index in [0.717, 1.165) is 11.2 Å². The highest BCUT2D eigenvalue weighted by molar-refractivity contribution is 8.00. The molecule has 1 unspecified atom stereocenters. The summed E-state index contributed by atoms with van der Waals surface area (Å²) >= 11 is -0.292. The molecule has 3 amide bonds. The van der Waals surface area contributed by atoms with E-state index >= 15 is 0 Å². The van der Waals surface area contributed by atoms with E-state index < -0.39 is 33.5 Å². The molecule has 1 N–H and O–H groups in total. The summed E-state index contributed by atoms with van der Waals surface area (Å²) in [6.45, 7) is 1.54. The maximum Gasteiger partial charge on any atom is 0.446 e. The second-order valence-corrected chi connectivity index (χ2v) is 9.61. The summed E-state index contributed by atoms with van der Waals surface area (Å²) in [6.07, 6.45) is 2.34. The van der Waals surface area contributed by atoms with Gasteiger partial charge < -0.3 is 4.90 Å². The van der Waals surface area contributed by atoms with Crippen LogP contribution in [-0.4, -0.2) is 48.0 Å². The van der Waals surface area contributed by atoms with Gasteiger partial charge in [0.25, 0.3) is 5.91 Å². The molecule has 1 aliphatic rings. The smallest absolute Gasteiger partial charge is 0.308 e. The molecule has 166 valence electrons. The van der Waals surface area contributed by atoms with Crippen LogP contribution in [0.1, 0.15) is 12.5 Å². The fourth-order valence-electron chi connectivity index (χ4n) is 2.96. The Morgan fingerprint density at radius 3 is 2.39 bits per heavy atom. The Labute approximate surface area is 180 Å². The van der Waals surface area contributed by atoms with Crippen molar-refractivity contribution in [1.29, 1.82) is 0 Å². The number of alkyl halides is 3. The molecule has 1 aliphatic heterocycles. The van der Waals surface area contributed by atoms with Crippen molar-refractivity contribution < 1.29 is 31.2 Å². The van der Waals surface area contributed by atoms with Crippen LogP contribution in [0.3, 0.4) is 0 Å². The Morgan fingerprint density at radius 2 is 1.81 bits per heavy atom. The summed E-state index contributed by atoms with van der Waals surface area (Å²) in [5.74, 6) is -0.454. The number of rotatable bonds is 6. The zero-order chi connectivity index (χ0) is 23.0. The van der Waals surface area contributed by atoms with Gasteiger partial charge in [0.15, 0.2) is 0 Å². The zero-order valence-corrected chi connectivity index (χ0v) is 17.9. The number of aromatic nitrogens is 1. The normalized spacial score (nSPS) is 17.4. The van der Waals surface area contributed by atoms with Crippen LogP contribution in [0.15, 0.2) is 47.5 Å². The second-order valence-electron chi connectivity index (χ2n) is 6.73. The molecule has 1 aromatic carbocycles. The molecule has 0 bridgehead atoms. The van der Waals surface area contributed by atoms with Crippen LogP contribution in [0.4, 0.5) is 29.5 Å². The summed E-state index contributed by atoms with van der Waals surface area (Å²) in [7, 11) is -3.54. The lowest BCUT2D eigenvalue weighted by molar-refractivity contribution is -0.119. The average Bonchev–Trinajstić information content (AvgIpc) is 2.84. The molecule has 2 aromatic rings. The minimum atomic E-state index is -4.44. The van der Waals surface area contributed by atoms with Crippen LogP contribution in [0.2, 0.25) is 0 Å². The number of benzene rings is 1. The van der Waals surface area contributed by atoms with Gasteiger partial charge in [0.2, 0.25) is 10.0 Å². The number of nitrogens with one attached hydrogen (secondary N) is 1. The monoisotopic (exact) mass is 474 g/mol. The summed E-state index contributed by atoms with van der Waals surface area (Å²) in [4.78, 5) is 31.5. The number of halogens is 3. The van der Waals surface area contributed by atoms with Gasteiger partial charge in [-0.15, -0.1) is 0 Å². The first-order valence-corrected chi connectivity index (χ1v) is 11.5. The number of hydrogen-bond acceptors (Lipinski definition) is 6. The lowest BCUT2D eigenvalue weighted by Gasteiger charge is -2.19. The van der Waals surface area contributed by atoms with Gasteiger partial charge in [-0.05, 0) is 60.6 Å². The highest BCUT2D eigenvalue weighted by Gasteiger charge is 2.43. The van der Waals surface area contributed by atoms with Crippen LogP contribution < -0.4 is 9.62 Å². The molecule has 3 rings (SSSR count). The van der Waals surface area contributed by atoms with Gasteiger partial charge >= 0.3 is 11.5 Å². The number of sulfonamides is 1. The topological polar surface area (TPSA) is 99.7 Å². The van der Waals surface area contributed by atoms with E-state index in [2.05, 4.69) is 9.71 Å². The molecular weight excluding hydrogens is 457 g/mol. The van der Waals surface area contributed by atoms with E-state index in [4.69, 9.17) is 0 Å². The highest BCUT2D eigenvalue weighted by Crippen LogP contribution is 2.38. The van der Waals surface area contributed by atoms with Crippen molar-refractivity contribution in [3.63, 3.8) is 0 Å². The molecule has 0 radical (unpaired) electrons. The quantitative estimate of drug-likeness (QED) is 0.509. The maximum absolute atomic E-state index is 12.9. The van der Waals surface area contributed by atoms with Crippen LogP contribution >= 0.6 is 11.8 Å². The van der Waals surface area contributed by atoms with Crippen molar-refractivity contribution in [3.8, 4) is 0 Å². The van der Waals surface area contributed by atoms with Crippen molar-refractivity contribution in [2.45, 2.75) is 29.9 Å². The van der Waals surface area contributed by atoms with E-state index in [1.165, 1.54) is 48.4 Å². The van der Waals surface area contributed by atoms with Crippen molar-refractivity contribution in [2.75, 3.05) is 15.9 Å². The number of amides is 3. The first-order valence-electron chi connectivity index (χ1n) is 8.77. The number of hydrogen-bond donors (Lipinski definition) is 1. The number of anilines is 2. The first-order chi connectivity index (χ1) is 14.3. The lowest BCUT2D eigenvalue weighted by Crippen LogP contribution is -2.33. The van der Waals surface area contributed by atoms with E-state index in [0.29, 0.717) is 5.56 Å². The number of thioether (sulfide) groups is 1. The fourth-order valence-corrected chi connectivity index (χ4v) is 3.99. The largest absolute Gasteiger partial charge is 0.446 e. The van der Waals surface area contributed by atoms with Gasteiger partial charge in [0.05, 0.1) is 11.9 Å². The van der Waals surface area contributed by atoms with E-state index in [-0.39, 0.29) is 34.7 Å². The highest BCUT2D eigenvalue weighted by atomic mass is 32.2. The number of carbonyl (C=O) groups excluding carboxylic acids is 2. The summed E-state index contributed by atoms with van der Waals surface area (Å²) in [6, 6.07) is 6.49. The van der Waals surface area contributed by atoms with Crippen LogP contribution in [0.5, 0.6) is 0 Å². The van der Waals surface area contributed by atoms with Gasteiger partial charge in [0.1, 0.15) is 11.9 Å². The van der Waals surface area contributed by atoms with Gasteiger partial charge in [-0.25, -0.2) is 23.1 Å². The third kappa shape index (κ3) is 5.67. The van der Waals surface area contributed by atoms with Crippen LogP contribution in [0, 0.1) is 0 Å². The Hall–Kier alpha value is -2.80. The molecule has 1 saturated heterocycles. The minimum Gasteiger partial charge on any atom is -0.308 e. The van der Waals surface area contributed by atoms with Crippen molar-refractivity contribution in [3.05, 3.63) is 48.2 Å². The molecule has 0 saturated carbocycles. The van der Waals surface area contributed by atoms with Crippen LogP contribution in [0.25, 0.3) is 0 Å². The molecule has 8 nitrogen and oxygen atoms in total. The molecule has 0 spiro atoms. The van der Waals surface area contributed by atoms with Crippen LogP contribution in [-0.2, 0) is 21.4 Å². The zero-order valence-electron chi connectivity index (χ0n) is 16.3. The molecule has 1 atom stereocenters. The summed E-state index contributed by atoms with van der Waals surface area (Å²) < 4.78 is 62.5. The Bertz CT molecular complexity index is 1110. The Morgan fingerprint density at radius 1 is 1.16 bits per heavy atom. The number of urea groups is 1. The third-order valence-corrected chi connectivity index (χ3v) is 5.60. The van der Waals surface area contributed by atoms with Crippen molar-refractivity contribution in [2.24, 2.45) is 0 Å². The predicted octanol–water partition coefficient (Wildman–Crippen LogP) is 3.42. The van der Waals surface area contributed by atoms with Gasteiger partial charge in [-0.1, -0.05) is 0 Å². The van der Waals surface area contributed by atoms with Crippen molar-refractivity contribution in [1.82, 2.24) is 9.88 Å². The number of carbonyl (C=O) groups is 2. The third-order valence-electron chi connectivity index (χ3n) is 4.28. The molecule has 13 heteroatoms. The molecule has 0 aliphatic carbocycles. The van der Waals surface area contributed by atoms with Gasteiger partial charge in [-0.2, -0.15) is 13.2 Å². The molecule has 31 heavy (non-hydrogen) atoms. The number of pyridine rings is 1. The second kappa shape index (κ2) is 8.38. The average molecular weight is 474 g/mol.